The van der Waals surface area contributed by atoms with Crippen LogP contribution in [0.15, 0.2) is 62.9 Å². The fraction of sp³-hybridized carbons (Fsp3) is 0.167. The number of furan rings is 1. The molecule has 154 valence electrons. The molecule has 0 fully saturated rings. The van der Waals surface area contributed by atoms with Crippen LogP contribution in [0.2, 0.25) is 5.02 Å². The maximum Gasteiger partial charge on any atom is 0.306 e. The Labute approximate surface area is 172 Å². The summed E-state index contributed by atoms with van der Waals surface area (Å²) in [4.78, 5) is 11.0. The predicted molar refractivity (Wildman–Crippen MR) is 107 cm³/mol. The van der Waals surface area contributed by atoms with Crippen molar-refractivity contribution in [2.24, 2.45) is 0 Å². The van der Waals surface area contributed by atoms with E-state index in [9.17, 15) is 21.6 Å². The van der Waals surface area contributed by atoms with Gasteiger partial charge in [0.15, 0.2) is 9.84 Å². The van der Waals surface area contributed by atoms with Crippen LogP contribution in [0.25, 0.3) is 11.0 Å². The van der Waals surface area contributed by atoms with Crippen molar-refractivity contribution in [2.75, 3.05) is 17.6 Å². The Morgan fingerprint density at radius 3 is 2.52 bits per heavy atom. The molecule has 0 aliphatic heterocycles. The molecule has 11 heteroatoms. The number of carbonyl (C=O) groups is 1. The van der Waals surface area contributed by atoms with Gasteiger partial charge in [0, 0.05) is 16.5 Å². The summed E-state index contributed by atoms with van der Waals surface area (Å²) in [6.07, 6.45) is -0.378. The highest BCUT2D eigenvalue weighted by molar-refractivity contribution is 7.93. The lowest BCUT2D eigenvalue weighted by molar-refractivity contribution is -0.140. The Hall–Kier alpha value is -2.56. The fourth-order valence-electron chi connectivity index (χ4n) is 2.57. The van der Waals surface area contributed by atoms with Crippen molar-refractivity contribution in [3.63, 3.8) is 0 Å². The van der Waals surface area contributed by atoms with Gasteiger partial charge < -0.3 is 9.15 Å². The summed E-state index contributed by atoms with van der Waals surface area (Å²) in [6, 6.07) is 11.7. The highest BCUT2D eigenvalue weighted by atomic mass is 35.5. The molecule has 0 aliphatic rings. The van der Waals surface area contributed by atoms with Crippen molar-refractivity contribution in [2.45, 2.75) is 16.4 Å². The van der Waals surface area contributed by atoms with Gasteiger partial charge in [-0.3, -0.25) is 9.52 Å². The van der Waals surface area contributed by atoms with Crippen molar-refractivity contribution in [1.29, 1.82) is 0 Å². The van der Waals surface area contributed by atoms with E-state index in [1.165, 1.54) is 24.3 Å². The van der Waals surface area contributed by atoms with E-state index in [0.29, 0.717) is 11.0 Å². The molecule has 0 unspecified atom stereocenters. The number of sulfone groups is 1. The molecule has 1 aromatic heterocycles. The minimum atomic E-state index is -4.24. The molecule has 3 aromatic rings. The molecule has 0 spiro atoms. The molecule has 0 atom stereocenters. The number of fused-ring (bicyclic) bond motifs is 1. The molecule has 0 aliphatic carbocycles. The first-order valence-electron chi connectivity index (χ1n) is 8.23. The molecule has 0 bridgehead atoms. The largest absolute Gasteiger partial charge is 0.469 e. The molecule has 0 amide bonds. The van der Waals surface area contributed by atoms with Gasteiger partial charge in [-0.15, -0.1) is 0 Å². The molecular weight excluding hydrogens is 442 g/mol. The SMILES string of the molecule is COC(=O)CCS(=O)(=O)c1ccc(Cl)cc1NS(=O)(=O)c1cc2ccccc2o1. The Bertz CT molecular complexity index is 1250. The lowest BCUT2D eigenvalue weighted by Crippen LogP contribution is -2.17. The third-order valence-corrected chi connectivity index (χ3v) is 7.21. The number of rotatable bonds is 7. The van der Waals surface area contributed by atoms with Crippen LogP contribution in [-0.2, 0) is 29.4 Å². The summed E-state index contributed by atoms with van der Waals surface area (Å²) in [6.45, 7) is 0. The van der Waals surface area contributed by atoms with Gasteiger partial charge in [-0.1, -0.05) is 29.8 Å². The van der Waals surface area contributed by atoms with E-state index in [0.717, 1.165) is 7.11 Å². The molecule has 2 aromatic carbocycles. The lowest BCUT2D eigenvalue weighted by atomic mass is 10.3. The zero-order valence-electron chi connectivity index (χ0n) is 15.1. The van der Waals surface area contributed by atoms with E-state index in [4.69, 9.17) is 16.0 Å². The van der Waals surface area contributed by atoms with Crippen LogP contribution in [0, 0.1) is 0 Å². The summed E-state index contributed by atoms with van der Waals surface area (Å²) in [5.41, 5.74) is 0.118. The molecule has 1 heterocycles. The number of anilines is 1. The number of benzene rings is 2. The zero-order chi connectivity index (χ0) is 21.2. The van der Waals surface area contributed by atoms with Crippen LogP contribution in [0.5, 0.6) is 0 Å². The number of hydrogen-bond donors (Lipinski definition) is 1. The second kappa shape index (κ2) is 8.05. The van der Waals surface area contributed by atoms with Gasteiger partial charge in [0.25, 0.3) is 10.0 Å². The summed E-state index contributed by atoms with van der Waals surface area (Å²) in [7, 11) is -7.11. The highest BCUT2D eigenvalue weighted by Gasteiger charge is 2.26. The van der Waals surface area contributed by atoms with Crippen molar-refractivity contribution in [1.82, 2.24) is 0 Å². The third-order valence-electron chi connectivity index (χ3n) is 3.99. The number of esters is 1. The van der Waals surface area contributed by atoms with E-state index in [1.54, 1.807) is 24.3 Å². The second-order valence-corrected chi connectivity index (χ2v) is 10.1. The number of para-hydroxylation sites is 1. The minimum absolute atomic E-state index is 0.124. The van der Waals surface area contributed by atoms with Crippen LogP contribution in [0.3, 0.4) is 0 Å². The molecule has 0 radical (unpaired) electrons. The Balaban J connectivity index is 1.98. The molecule has 29 heavy (non-hydrogen) atoms. The quantitative estimate of drug-likeness (QED) is 0.541. The Morgan fingerprint density at radius 2 is 1.83 bits per heavy atom. The standard InChI is InChI=1S/C18H16ClNO7S2/c1-26-17(21)8-9-28(22,23)16-7-6-13(19)11-14(16)20-29(24,25)18-10-12-4-2-3-5-15(12)27-18/h2-7,10-11,20H,8-9H2,1H3. The van der Waals surface area contributed by atoms with E-state index < -0.39 is 31.6 Å². The summed E-state index contributed by atoms with van der Waals surface area (Å²) in [5.74, 6) is -1.26. The molecule has 0 saturated heterocycles. The first kappa shape index (κ1) is 21.2. The minimum Gasteiger partial charge on any atom is -0.469 e. The number of sulfonamides is 1. The van der Waals surface area contributed by atoms with Crippen molar-refractivity contribution < 1.29 is 30.8 Å². The lowest BCUT2D eigenvalue weighted by Gasteiger charge is -2.12. The van der Waals surface area contributed by atoms with Crippen LogP contribution in [-0.4, -0.2) is 35.7 Å². The van der Waals surface area contributed by atoms with E-state index >= 15 is 0 Å². The first-order valence-corrected chi connectivity index (χ1v) is 11.7. The molecule has 3 rings (SSSR count). The van der Waals surface area contributed by atoms with Crippen LogP contribution < -0.4 is 4.72 Å². The number of nitrogens with one attached hydrogen (secondary N) is 1. The number of ether oxygens (including phenoxy) is 1. The maximum atomic E-state index is 12.8. The smallest absolute Gasteiger partial charge is 0.306 e. The summed E-state index contributed by atoms with van der Waals surface area (Å²) >= 11 is 5.93. The van der Waals surface area contributed by atoms with Gasteiger partial charge in [-0.05, 0) is 24.3 Å². The van der Waals surface area contributed by atoms with Crippen LogP contribution >= 0.6 is 11.6 Å². The fourth-order valence-corrected chi connectivity index (χ4v) is 5.22. The van der Waals surface area contributed by atoms with Gasteiger partial charge >= 0.3 is 5.97 Å². The average Bonchev–Trinajstić information content (AvgIpc) is 3.11. The topological polar surface area (TPSA) is 120 Å². The van der Waals surface area contributed by atoms with Crippen molar-refractivity contribution in [3.05, 3.63) is 53.6 Å². The Morgan fingerprint density at radius 1 is 1.10 bits per heavy atom. The van der Waals surface area contributed by atoms with Gasteiger partial charge in [0.1, 0.15) is 5.58 Å². The van der Waals surface area contributed by atoms with Crippen LogP contribution in [0.4, 0.5) is 5.69 Å². The molecular formula is C18H16ClNO7S2. The first-order chi connectivity index (χ1) is 13.6. The van der Waals surface area contributed by atoms with Gasteiger partial charge in [-0.25, -0.2) is 8.42 Å². The normalized spacial score (nSPS) is 12.1. The van der Waals surface area contributed by atoms with E-state index in [-0.39, 0.29) is 27.1 Å². The number of methoxy groups -OCH3 is 1. The second-order valence-electron chi connectivity index (χ2n) is 5.99. The highest BCUT2D eigenvalue weighted by Crippen LogP contribution is 2.30. The number of halogens is 1. The third kappa shape index (κ3) is 4.72. The molecule has 8 nitrogen and oxygen atoms in total. The van der Waals surface area contributed by atoms with Gasteiger partial charge in [0.05, 0.1) is 29.9 Å². The predicted octanol–water partition coefficient (Wildman–Crippen LogP) is 3.22. The molecule has 1 N–H and O–H groups in total. The molecule has 0 saturated carbocycles. The maximum absolute atomic E-state index is 12.8. The summed E-state index contributed by atoms with van der Waals surface area (Å²) in [5, 5.41) is 0.320. The Kier molecular flexibility index (Phi) is 5.87. The summed E-state index contributed by atoms with van der Waals surface area (Å²) < 4.78 is 62.8. The van der Waals surface area contributed by atoms with E-state index in [1.807, 2.05) is 0 Å². The number of hydrogen-bond acceptors (Lipinski definition) is 7. The van der Waals surface area contributed by atoms with Crippen LogP contribution in [0.1, 0.15) is 6.42 Å². The van der Waals surface area contributed by atoms with Crippen molar-refractivity contribution in [3.8, 4) is 0 Å². The van der Waals surface area contributed by atoms with Gasteiger partial charge in [0.2, 0.25) is 5.09 Å². The average molecular weight is 458 g/mol. The van der Waals surface area contributed by atoms with Gasteiger partial charge in [-0.2, -0.15) is 8.42 Å². The zero-order valence-corrected chi connectivity index (χ0v) is 17.5. The monoisotopic (exact) mass is 457 g/mol. The van der Waals surface area contributed by atoms with Crippen molar-refractivity contribution >= 4 is 54.1 Å². The van der Waals surface area contributed by atoms with E-state index in [2.05, 4.69) is 9.46 Å². The number of carbonyl (C=O) groups excluding carboxylic acids is 1.